The van der Waals surface area contributed by atoms with E-state index in [9.17, 15) is 9.59 Å². The molecule has 6 heteroatoms. The molecule has 0 spiro atoms. The lowest BCUT2D eigenvalue weighted by Gasteiger charge is -2.26. The Hall–Kier alpha value is -2.18. The van der Waals surface area contributed by atoms with Crippen LogP contribution in [0.5, 0.6) is 0 Å². The van der Waals surface area contributed by atoms with E-state index in [1.54, 1.807) is 11.0 Å². The molecule has 1 aliphatic heterocycles. The van der Waals surface area contributed by atoms with Crippen molar-refractivity contribution in [1.29, 1.82) is 0 Å². The number of ether oxygens (including phenoxy) is 1. The molecule has 2 heterocycles. The molecule has 1 fully saturated rings. The van der Waals surface area contributed by atoms with Gasteiger partial charge in [-0.25, -0.2) is 0 Å². The van der Waals surface area contributed by atoms with Gasteiger partial charge < -0.3 is 14.5 Å². The Morgan fingerprint density at radius 2 is 2.00 bits per heavy atom. The van der Waals surface area contributed by atoms with E-state index < -0.39 is 0 Å². The van der Waals surface area contributed by atoms with Crippen molar-refractivity contribution in [2.45, 2.75) is 26.6 Å². The van der Waals surface area contributed by atoms with E-state index in [0.717, 1.165) is 5.56 Å². The Balaban J connectivity index is 1.74. The van der Waals surface area contributed by atoms with Gasteiger partial charge in [0.25, 0.3) is 5.91 Å². The minimum Gasteiger partial charge on any atom is -0.370 e. The van der Waals surface area contributed by atoms with Gasteiger partial charge in [-0.2, -0.15) is 11.3 Å². The number of amides is 2. The summed E-state index contributed by atoms with van der Waals surface area (Å²) in [5, 5.41) is 3.70. The average Bonchev–Trinajstić information content (AvgIpc) is 3.14. The van der Waals surface area contributed by atoms with Crippen LogP contribution in [-0.4, -0.2) is 53.9 Å². The Labute approximate surface area is 164 Å². The average molecular weight is 387 g/mol. The van der Waals surface area contributed by atoms with Crippen LogP contribution in [0, 0.1) is 5.92 Å². The molecule has 1 saturated heterocycles. The Kier molecular flexibility index (Phi) is 6.63. The molecular weight excluding hydrogens is 360 g/mol. The first kappa shape index (κ1) is 19.6. The molecule has 2 aromatic rings. The van der Waals surface area contributed by atoms with Gasteiger partial charge in [0.05, 0.1) is 18.3 Å². The van der Waals surface area contributed by atoms with Crippen molar-refractivity contribution in [2.24, 2.45) is 5.92 Å². The van der Waals surface area contributed by atoms with Crippen LogP contribution in [0.4, 0.5) is 0 Å². The summed E-state index contributed by atoms with van der Waals surface area (Å²) in [7, 11) is 0. The summed E-state index contributed by atoms with van der Waals surface area (Å²) in [4.78, 5) is 29.0. The molecule has 27 heavy (non-hydrogen) atoms. The van der Waals surface area contributed by atoms with E-state index >= 15 is 0 Å². The predicted molar refractivity (Wildman–Crippen MR) is 107 cm³/mol. The van der Waals surface area contributed by atoms with Gasteiger partial charge in [-0.3, -0.25) is 9.59 Å². The topological polar surface area (TPSA) is 49.9 Å². The number of hydrogen-bond acceptors (Lipinski definition) is 4. The van der Waals surface area contributed by atoms with Crippen LogP contribution < -0.4 is 0 Å². The SMILES string of the molecule is CC(C)CN1C[C@@H](OCc2ccccc2)CN(C(=O)c2ccsc2)CC1=O. The van der Waals surface area contributed by atoms with Gasteiger partial charge in [0, 0.05) is 25.0 Å². The van der Waals surface area contributed by atoms with Gasteiger partial charge in [0.2, 0.25) is 5.91 Å². The van der Waals surface area contributed by atoms with Crippen molar-refractivity contribution in [1.82, 2.24) is 9.80 Å². The maximum atomic E-state index is 12.8. The molecule has 0 saturated carbocycles. The normalized spacial score (nSPS) is 18.0. The van der Waals surface area contributed by atoms with Crippen LogP contribution in [0.2, 0.25) is 0 Å². The molecule has 1 atom stereocenters. The van der Waals surface area contributed by atoms with Crippen LogP contribution in [0.1, 0.15) is 29.8 Å². The number of carbonyl (C=O) groups is 2. The molecule has 144 valence electrons. The molecular formula is C21H26N2O3S. The van der Waals surface area contributed by atoms with Crippen LogP contribution in [0.25, 0.3) is 0 Å². The largest absolute Gasteiger partial charge is 0.370 e. The molecule has 0 aliphatic carbocycles. The highest BCUT2D eigenvalue weighted by Gasteiger charge is 2.31. The molecule has 2 amide bonds. The summed E-state index contributed by atoms with van der Waals surface area (Å²) >= 11 is 1.48. The smallest absolute Gasteiger partial charge is 0.255 e. The second-order valence-electron chi connectivity index (χ2n) is 7.31. The fourth-order valence-electron chi connectivity index (χ4n) is 3.21. The summed E-state index contributed by atoms with van der Waals surface area (Å²) in [6.07, 6.45) is -0.210. The third-order valence-corrected chi connectivity index (χ3v) is 5.18. The van der Waals surface area contributed by atoms with Gasteiger partial charge in [0.1, 0.15) is 6.54 Å². The molecule has 0 N–H and O–H groups in total. The highest BCUT2D eigenvalue weighted by molar-refractivity contribution is 7.08. The zero-order chi connectivity index (χ0) is 19.2. The third-order valence-electron chi connectivity index (χ3n) is 4.50. The summed E-state index contributed by atoms with van der Waals surface area (Å²) in [6.45, 7) is 6.35. The molecule has 0 bridgehead atoms. The van der Waals surface area contributed by atoms with Crippen molar-refractivity contribution in [3.8, 4) is 0 Å². The summed E-state index contributed by atoms with van der Waals surface area (Å²) < 4.78 is 6.12. The van der Waals surface area contributed by atoms with Crippen LogP contribution in [-0.2, 0) is 16.1 Å². The predicted octanol–water partition coefficient (Wildman–Crippen LogP) is 3.27. The molecule has 1 aliphatic rings. The zero-order valence-electron chi connectivity index (χ0n) is 15.8. The second kappa shape index (κ2) is 9.15. The standard InChI is InChI=1S/C21H26N2O3S/c1-16(2)10-22-11-19(26-14-17-6-4-3-5-7-17)12-23(13-20(22)24)21(25)18-8-9-27-15-18/h3-9,15-16,19H,10-14H2,1-2H3/t19-/m1/s1. The highest BCUT2D eigenvalue weighted by atomic mass is 32.1. The number of nitrogens with zero attached hydrogens (tertiary/aromatic N) is 2. The van der Waals surface area contributed by atoms with E-state index in [0.29, 0.717) is 37.7 Å². The fourth-order valence-corrected chi connectivity index (χ4v) is 3.84. The van der Waals surface area contributed by atoms with Gasteiger partial charge in [-0.15, -0.1) is 0 Å². The second-order valence-corrected chi connectivity index (χ2v) is 8.09. The minimum atomic E-state index is -0.210. The summed E-state index contributed by atoms with van der Waals surface area (Å²) in [5.74, 6) is 0.241. The molecule has 0 radical (unpaired) electrons. The molecule has 5 nitrogen and oxygen atoms in total. The number of benzene rings is 1. The Morgan fingerprint density at radius 1 is 1.22 bits per heavy atom. The zero-order valence-corrected chi connectivity index (χ0v) is 16.7. The van der Waals surface area contributed by atoms with Gasteiger partial charge in [-0.1, -0.05) is 44.2 Å². The van der Waals surface area contributed by atoms with Crippen LogP contribution in [0.15, 0.2) is 47.2 Å². The quantitative estimate of drug-likeness (QED) is 0.766. The lowest BCUT2D eigenvalue weighted by atomic mass is 10.2. The van der Waals surface area contributed by atoms with Gasteiger partial charge >= 0.3 is 0 Å². The Bertz CT molecular complexity index is 746. The van der Waals surface area contributed by atoms with Gasteiger partial charge in [0.15, 0.2) is 0 Å². The maximum Gasteiger partial charge on any atom is 0.255 e. The fraction of sp³-hybridized carbons (Fsp3) is 0.429. The van der Waals surface area contributed by atoms with Gasteiger partial charge in [-0.05, 0) is 22.9 Å². The van der Waals surface area contributed by atoms with E-state index in [-0.39, 0.29) is 24.5 Å². The lowest BCUT2D eigenvalue weighted by molar-refractivity contribution is -0.132. The number of carbonyl (C=O) groups excluding carboxylic acids is 2. The number of hydrogen-bond donors (Lipinski definition) is 0. The van der Waals surface area contributed by atoms with E-state index in [1.165, 1.54) is 11.3 Å². The number of rotatable bonds is 6. The van der Waals surface area contributed by atoms with Crippen molar-refractivity contribution >= 4 is 23.2 Å². The van der Waals surface area contributed by atoms with Crippen molar-refractivity contribution in [2.75, 3.05) is 26.2 Å². The number of thiophene rings is 1. The van der Waals surface area contributed by atoms with Crippen LogP contribution in [0.3, 0.4) is 0 Å². The first-order valence-electron chi connectivity index (χ1n) is 9.27. The Morgan fingerprint density at radius 3 is 2.67 bits per heavy atom. The third kappa shape index (κ3) is 5.40. The molecule has 0 unspecified atom stereocenters. The summed E-state index contributed by atoms with van der Waals surface area (Å²) in [5.41, 5.74) is 1.71. The van der Waals surface area contributed by atoms with Crippen molar-refractivity contribution < 1.29 is 14.3 Å². The van der Waals surface area contributed by atoms with E-state index in [1.807, 2.05) is 46.0 Å². The molecule has 1 aromatic heterocycles. The first-order chi connectivity index (χ1) is 13.0. The molecule has 1 aromatic carbocycles. The highest BCUT2D eigenvalue weighted by Crippen LogP contribution is 2.16. The summed E-state index contributed by atoms with van der Waals surface area (Å²) in [6, 6.07) is 11.8. The molecule has 3 rings (SSSR count). The van der Waals surface area contributed by atoms with Crippen LogP contribution >= 0.6 is 11.3 Å². The van der Waals surface area contributed by atoms with Crippen molar-refractivity contribution in [3.63, 3.8) is 0 Å². The van der Waals surface area contributed by atoms with E-state index in [2.05, 4.69) is 13.8 Å². The monoisotopic (exact) mass is 386 g/mol. The van der Waals surface area contributed by atoms with E-state index in [4.69, 9.17) is 4.74 Å². The minimum absolute atomic E-state index is 0.0157. The lowest BCUT2D eigenvalue weighted by Crippen LogP contribution is -2.40. The van der Waals surface area contributed by atoms with Crippen molar-refractivity contribution in [3.05, 3.63) is 58.3 Å². The maximum absolute atomic E-state index is 12.8. The first-order valence-corrected chi connectivity index (χ1v) is 10.2.